The molecule has 1 saturated carbocycles. The van der Waals surface area contributed by atoms with Gasteiger partial charge < -0.3 is 20.1 Å². The minimum atomic E-state index is -1.01. The second-order valence-electron chi connectivity index (χ2n) is 11.6. The zero-order chi connectivity index (χ0) is 27.9. The first kappa shape index (κ1) is 26.7. The molecule has 1 atom stereocenters. The zero-order valence-corrected chi connectivity index (χ0v) is 23.5. The van der Waals surface area contributed by atoms with Crippen molar-refractivity contribution in [3.8, 4) is 5.75 Å². The lowest BCUT2D eigenvalue weighted by Crippen LogP contribution is -2.53. The van der Waals surface area contributed by atoms with Crippen molar-refractivity contribution in [1.82, 2.24) is 0 Å². The van der Waals surface area contributed by atoms with E-state index in [-0.39, 0.29) is 11.3 Å². The molecule has 2 aliphatic carbocycles. The molecule has 7 heteroatoms. The number of carbonyl (C=O) groups is 2. The number of rotatable bonds is 8. The maximum atomic E-state index is 12.6. The van der Waals surface area contributed by atoms with Gasteiger partial charge >= 0.3 is 5.97 Å². The van der Waals surface area contributed by atoms with Gasteiger partial charge in [-0.3, -0.25) is 4.79 Å². The van der Waals surface area contributed by atoms with Gasteiger partial charge in [0.15, 0.2) is 0 Å². The van der Waals surface area contributed by atoms with Crippen LogP contribution in [0.4, 0.5) is 11.4 Å². The molecule has 1 amide bonds. The molecule has 6 rings (SSSR count). The van der Waals surface area contributed by atoms with Crippen LogP contribution in [0.15, 0.2) is 66.7 Å². The minimum Gasteiger partial charge on any atom is -0.494 e. The summed E-state index contributed by atoms with van der Waals surface area (Å²) in [4.78, 5) is 26.3. The Morgan fingerprint density at radius 2 is 1.85 bits per heavy atom. The van der Waals surface area contributed by atoms with E-state index < -0.39 is 11.5 Å². The van der Waals surface area contributed by atoms with Gasteiger partial charge in [0, 0.05) is 23.4 Å². The van der Waals surface area contributed by atoms with Gasteiger partial charge in [0.2, 0.25) is 5.91 Å². The number of fused-ring (bicyclic) bond motifs is 3. The molecule has 3 aliphatic rings. The van der Waals surface area contributed by atoms with E-state index in [2.05, 4.69) is 29.6 Å². The van der Waals surface area contributed by atoms with Gasteiger partial charge in [-0.25, -0.2) is 4.79 Å². The van der Waals surface area contributed by atoms with Gasteiger partial charge in [0.05, 0.1) is 13.0 Å². The number of anilines is 2. The quantitative estimate of drug-likeness (QED) is 0.303. The number of benzene rings is 3. The Hall–Kier alpha value is -3.51. The molecule has 1 aliphatic heterocycles. The molecule has 2 N–H and O–H groups in total. The molecule has 0 radical (unpaired) electrons. The van der Waals surface area contributed by atoms with E-state index in [0.717, 1.165) is 54.8 Å². The van der Waals surface area contributed by atoms with Crippen LogP contribution >= 0.6 is 11.6 Å². The summed E-state index contributed by atoms with van der Waals surface area (Å²) in [7, 11) is 1.81. The fraction of sp³-hybridized carbons (Fsp3) is 0.394. The molecule has 3 aromatic carbocycles. The highest BCUT2D eigenvalue weighted by atomic mass is 35.5. The van der Waals surface area contributed by atoms with Gasteiger partial charge in [-0.15, -0.1) is 0 Å². The van der Waals surface area contributed by atoms with Crippen molar-refractivity contribution in [1.29, 1.82) is 0 Å². The highest BCUT2D eigenvalue weighted by molar-refractivity contribution is 6.30. The van der Waals surface area contributed by atoms with Crippen molar-refractivity contribution in [2.45, 2.75) is 62.3 Å². The van der Waals surface area contributed by atoms with Crippen LogP contribution in [0.2, 0.25) is 5.02 Å². The van der Waals surface area contributed by atoms with Crippen molar-refractivity contribution in [2.75, 3.05) is 23.9 Å². The molecule has 1 heterocycles. The summed E-state index contributed by atoms with van der Waals surface area (Å²) < 4.78 is 6.13. The number of carboxylic acids is 1. The summed E-state index contributed by atoms with van der Waals surface area (Å²) in [6.07, 6.45) is 6.13. The van der Waals surface area contributed by atoms with E-state index in [4.69, 9.17) is 16.3 Å². The Balaban J connectivity index is 1.14. The number of hydrogen-bond acceptors (Lipinski definition) is 4. The monoisotopic (exact) mass is 558 g/mol. The third-order valence-corrected chi connectivity index (χ3v) is 9.74. The molecule has 0 aromatic heterocycles. The molecule has 6 nitrogen and oxygen atoms in total. The molecule has 0 bridgehead atoms. The molecule has 1 spiro atoms. The standard InChI is InChI=1S/C33H35ClN2O4/c1-36-29-12-11-27(19-23(29)20-30(36)37)40-17-5-7-24-18-22-6-2-3-10-28(22)32(24)13-15-33(16-14-32,31(38)39)35-26-9-4-8-25(34)21-26/h2-4,6,8-12,19,21,24,35H,5,7,13-18,20H2,1H3,(H,38,39). The Morgan fingerprint density at radius 1 is 1.05 bits per heavy atom. The lowest BCUT2D eigenvalue weighted by molar-refractivity contribution is -0.144. The smallest absolute Gasteiger partial charge is 0.329 e. The summed E-state index contributed by atoms with van der Waals surface area (Å²) in [5.41, 5.74) is 4.48. The summed E-state index contributed by atoms with van der Waals surface area (Å²) in [5, 5.41) is 14.3. The lowest BCUT2D eigenvalue weighted by atomic mass is 9.60. The molecule has 0 saturated heterocycles. The number of likely N-dealkylation sites (N-methyl/N-ethyl adjacent to an activating group) is 1. The number of nitrogens with one attached hydrogen (secondary N) is 1. The second-order valence-corrected chi connectivity index (χ2v) is 12.1. The van der Waals surface area contributed by atoms with Gasteiger partial charge in [0.1, 0.15) is 11.3 Å². The molecular formula is C33H35ClN2O4. The zero-order valence-electron chi connectivity index (χ0n) is 22.8. The summed E-state index contributed by atoms with van der Waals surface area (Å²) in [5.74, 6) is 0.557. The first-order valence-electron chi connectivity index (χ1n) is 14.2. The number of hydrogen-bond donors (Lipinski definition) is 2. The number of carbonyl (C=O) groups excluding carboxylic acids is 1. The van der Waals surface area contributed by atoms with Crippen LogP contribution in [0.3, 0.4) is 0 Å². The van der Waals surface area contributed by atoms with Crippen LogP contribution < -0.4 is 15.0 Å². The van der Waals surface area contributed by atoms with Crippen LogP contribution in [0, 0.1) is 5.92 Å². The highest BCUT2D eigenvalue weighted by Crippen LogP contribution is 2.55. The first-order valence-corrected chi connectivity index (χ1v) is 14.6. The van der Waals surface area contributed by atoms with Crippen molar-refractivity contribution < 1.29 is 19.4 Å². The molecule has 40 heavy (non-hydrogen) atoms. The third-order valence-electron chi connectivity index (χ3n) is 9.51. The normalized spacial score (nSPS) is 25.1. The number of halogens is 1. The Bertz CT molecular complexity index is 1450. The van der Waals surface area contributed by atoms with Crippen LogP contribution in [-0.4, -0.2) is 36.2 Å². The topological polar surface area (TPSA) is 78.9 Å². The van der Waals surface area contributed by atoms with Crippen molar-refractivity contribution in [2.24, 2.45) is 5.92 Å². The largest absolute Gasteiger partial charge is 0.494 e. The second kappa shape index (κ2) is 10.5. The first-order chi connectivity index (χ1) is 19.3. The molecular weight excluding hydrogens is 524 g/mol. The summed E-state index contributed by atoms with van der Waals surface area (Å²) in [6.45, 7) is 0.612. The number of carboxylic acid groups (broad SMARTS) is 1. The maximum absolute atomic E-state index is 12.6. The SMILES string of the molecule is CN1C(=O)Cc2cc(OCCCC3Cc4ccccc4C34CCC(Nc3cccc(Cl)c3)(C(=O)O)CC4)ccc21. The number of amides is 1. The summed E-state index contributed by atoms with van der Waals surface area (Å²) >= 11 is 6.18. The molecule has 1 unspecified atom stereocenters. The Kier molecular flexibility index (Phi) is 6.99. The predicted molar refractivity (Wildman–Crippen MR) is 158 cm³/mol. The number of nitrogens with zero attached hydrogens (tertiary/aromatic N) is 1. The van der Waals surface area contributed by atoms with Crippen LogP contribution in [0.1, 0.15) is 55.2 Å². The fourth-order valence-corrected chi connectivity index (χ4v) is 7.52. The van der Waals surface area contributed by atoms with E-state index in [0.29, 0.717) is 36.8 Å². The Morgan fingerprint density at radius 3 is 2.62 bits per heavy atom. The van der Waals surface area contributed by atoms with Crippen LogP contribution in [-0.2, 0) is 27.8 Å². The highest BCUT2D eigenvalue weighted by Gasteiger charge is 2.53. The third kappa shape index (κ3) is 4.72. The average molecular weight is 559 g/mol. The van der Waals surface area contributed by atoms with Crippen molar-refractivity contribution >= 4 is 34.9 Å². The Labute approximate surface area is 240 Å². The molecule has 3 aromatic rings. The van der Waals surface area contributed by atoms with Gasteiger partial charge in [0.25, 0.3) is 0 Å². The van der Waals surface area contributed by atoms with E-state index in [1.807, 2.05) is 37.4 Å². The van der Waals surface area contributed by atoms with E-state index in [1.54, 1.807) is 17.0 Å². The molecule has 208 valence electrons. The van der Waals surface area contributed by atoms with Crippen LogP contribution in [0.5, 0.6) is 5.75 Å². The van der Waals surface area contributed by atoms with E-state index in [1.165, 1.54) is 11.1 Å². The van der Waals surface area contributed by atoms with Gasteiger partial charge in [-0.05, 0) is 109 Å². The number of aliphatic carboxylic acids is 1. The van der Waals surface area contributed by atoms with E-state index >= 15 is 0 Å². The van der Waals surface area contributed by atoms with Crippen molar-refractivity contribution in [3.63, 3.8) is 0 Å². The van der Waals surface area contributed by atoms with E-state index in [9.17, 15) is 14.7 Å². The predicted octanol–water partition coefficient (Wildman–Crippen LogP) is 6.64. The van der Waals surface area contributed by atoms with Crippen molar-refractivity contribution in [3.05, 3.63) is 88.4 Å². The maximum Gasteiger partial charge on any atom is 0.329 e. The minimum absolute atomic E-state index is 0.0237. The summed E-state index contributed by atoms with van der Waals surface area (Å²) in [6, 6.07) is 21.9. The molecule has 1 fully saturated rings. The fourth-order valence-electron chi connectivity index (χ4n) is 7.33. The number of ether oxygens (including phenoxy) is 1. The van der Waals surface area contributed by atoms with Crippen LogP contribution in [0.25, 0.3) is 0 Å². The lowest BCUT2D eigenvalue weighted by Gasteiger charge is -2.47. The van der Waals surface area contributed by atoms with Gasteiger partial charge in [-0.2, -0.15) is 0 Å². The average Bonchev–Trinajstić information content (AvgIpc) is 3.40. The van der Waals surface area contributed by atoms with Gasteiger partial charge in [-0.1, -0.05) is 41.9 Å².